The number of aryl methyl sites for hydroxylation is 1. The Morgan fingerprint density at radius 2 is 2.17 bits per heavy atom. The first-order chi connectivity index (χ1) is 8.19. The van der Waals surface area contributed by atoms with Gasteiger partial charge in [-0.05, 0) is 6.92 Å². The van der Waals surface area contributed by atoms with Crippen molar-refractivity contribution >= 4 is 5.97 Å². The molecule has 0 aliphatic heterocycles. The van der Waals surface area contributed by atoms with Crippen LogP contribution in [0.15, 0.2) is 6.20 Å². The van der Waals surface area contributed by atoms with Crippen LogP contribution in [-0.2, 0) is 18.4 Å². The fourth-order valence-corrected chi connectivity index (χ4v) is 1.55. The number of aromatic nitrogens is 2. The molecular weight excluding hydrogens is 251 g/mol. The molecule has 1 heterocycles. The Hall–Kier alpha value is -1.57. The van der Waals surface area contributed by atoms with Crippen molar-refractivity contribution < 1.29 is 23.1 Å². The Labute approximate surface area is 102 Å². The smallest absolute Gasteiger partial charge is 0.401 e. The largest absolute Gasteiger partial charge is 0.480 e. The summed E-state index contributed by atoms with van der Waals surface area (Å²) in [7, 11) is 1.67. The van der Waals surface area contributed by atoms with E-state index in [0.29, 0.717) is 11.3 Å². The van der Waals surface area contributed by atoms with E-state index in [0.717, 1.165) is 4.90 Å². The van der Waals surface area contributed by atoms with Crippen molar-refractivity contribution in [1.82, 2.24) is 14.7 Å². The maximum absolute atomic E-state index is 12.3. The van der Waals surface area contributed by atoms with Crippen LogP contribution in [-0.4, -0.2) is 45.0 Å². The van der Waals surface area contributed by atoms with E-state index in [1.165, 1.54) is 10.9 Å². The van der Waals surface area contributed by atoms with E-state index in [1.54, 1.807) is 14.0 Å². The van der Waals surface area contributed by atoms with Crippen LogP contribution in [0.25, 0.3) is 0 Å². The number of aliphatic carboxylic acids is 1. The SMILES string of the molecule is Cc1c(CN(CC(=O)O)CC(F)(F)F)cnn1C. The average molecular weight is 265 g/mol. The van der Waals surface area contributed by atoms with E-state index in [9.17, 15) is 18.0 Å². The lowest BCUT2D eigenvalue weighted by Crippen LogP contribution is -2.37. The van der Waals surface area contributed by atoms with Crippen molar-refractivity contribution in [3.8, 4) is 0 Å². The van der Waals surface area contributed by atoms with Gasteiger partial charge >= 0.3 is 12.1 Å². The molecule has 0 spiro atoms. The molecule has 0 aliphatic rings. The lowest BCUT2D eigenvalue weighted by atomic mass is 10.2. The standard InChI is InChI=1S/C10H14F3N3O2/c1-7-8(3-14-15(7)2)4-16(5-9(17)18)6-10(11,12)13/h3H,4-6H2,1-2H3,(H,17,18). The van der Waals surface area contributed by atoms with Gasteiger partial charge in [0, 0.05) is 24.8 Å². The molecule has 0 radical (unpaired) electrons. The number of halogens is 3. The highest BCUT2D eigenvalue weighted by molar-refractivity contribution is 5.69. The Bertz CT molecular complexity index is 428. The number of nitrogens with zero attached hydrogens (tertiary/aromatic N) is 3. The quantitative estimate of drug-likeness (QED) is 0.868. The molecule has 0 atom stereocenters. The molecule has 1 aromatic rings. The van der Waals surface area contributed by atoms with Crippen LogP contribution in [0.1, 0.15) is 11.3 Å². The minimum Gasteiger partial charge on any atom is -0.480 e. The molecule has 0 fully saturated rings. The fraction of sp³-hybridized carbons (Fsp3) is 0.600. The predicted octanol–water partition coefficient (Wildman–Crippen LogP) is 1.18. The number of rotatable bonds is 5. The summed E-state index contributed by atoms with van der Waals surface area (Å²) in [6, 6.07) is 0. The Balaban J connectivity index is 2.78. The zero-order valence-electron chi connectivity index (χ0n) is 10.0. The third-order valence-electron chi connectivity index (χ3n) is 2.49. The average Bonchev–Trinajstić information content (AvgIpc) is 2.46. The summed E-state index contributed by atoms with van der Waals surface area (Å²) in [4.78, 5) is 11.4. The first kappa shape index (κ1) is 14.5. The monoisotopic (exact) mass is 265 g/mol. The molecule has 0 bridgehead atoms. The van der Waals surface area contributed by atoms with Gasteiger partial charge in [-0.15, -0.1) is 0 Å². The number of hydrogen-bond donors (Lipinski definition) is 1. The van der Waals surface area contributed by atoms with Gasteiger partial charge in [-0.25, -0.2) is 0 Å². The van der Waals surface area contributed by atoms with E-state index in [-0.39, 0.29) is 6.54 Å². The van der Waals surface area contributed by atoms with Gasteiger partial charge in [-0.3, -0.25) is 14.4 Å². The van der Waals surface area contributed by atoms with E-state index < -0.39 is 25.2 Å². The zero-order valence-corrected chi connectivity index (χ0v) is 10.0. The Morgan fingerprint density at radius 3 is 2.56 bits per heavy atom. The molecule has 0 saturated heterocycles. The topological polar surface area (TPSA) is 58.4 Å². The van der Waals surface area contributed by atoms with Crippen LogP contribution in [0, 0.1) is 6.92 Å². The van der Waals surface area contributed by atoms with Gasteiger partial charge in [0.2, 0.25) is 0 Å². The molecule has 0 saturated carbocycles. The second-order valence-corrected chi connectivity index (χ2v) is 4.03. The predicted molar refractivity (Wildman–Crippen MR) is 56.9 cm³/mol. The van der Waals surface area contributed by atoms with Gasteiger partial charge in [0.1, 0.15) is 0 Å². The summed E-state index contributed by atoms with van der Waals surface area (Å²) in [5.74, 6) is -1.29. The number of carboxylic acid groups (broad SMARTS) is 1. The van der Waals surface area contributed by atoms with Crippen molar-refractivity contribution in [2.24, 2.45) is 7.05 Å². The van der Waals surface area contributed by atoms with Gasteiger partial charge in [0.15, 0.2) is 0 Å². The minimum atomic E-state index is -4.43. The van der Waals surface area contributed by atoms with Crippen LogP contribution in [0.3, 0.4) is 0 Å². The summed E-state index contributed by atoms with van der Waals surface area (Å²) in [6.07, 6.45) is -2.98. The summed E-state index contributed by atoms with van der Waals surface area (Å²) in [5, 5.41) is 12.5. The molecule has 18 heavy (non-hydrogen) atoms. The van der Waals surface area contributed by atoms with Crippen LogP contribution < -0.4 is 0 Å². The van der Waals surface area contributed by atoms with Gasteiger partial charge in [-0.2, -0.15) is 18.3 Å². The molecule has 0 aromatic carbocycles. The van der Waals surface area contributed by atoms with E-state index in [4.69, 9.17) is 5.11 Å². The summed E-state index contributed by atoms with van der Waals surface area (Å²) >= 11 is 0. The lowest BCUT2D eigenvalue weighted by Gasteiger charge is -2.21. The van der Waals surface area contributed by atoms with Crippen molar-refractivity contribution in [3.05, 3.63) is 17.5 Å². The van der Waals surface area contributed by atoms with Crippen LogP contribution in [0.5, 0.6) is 0 Å². The van der Waals surface area contributed by atoms with E-state index in [1.807, 2.05) is 0 Å². The lowest BCUT2D eigenvalue weighted by molar-refractivity contribution is -0.154. The first-order valence-electron chi connectivity index (χ1n) is 5.17. The molecule has 5 nitrogen and oxygen atoms in total. The van der Waals surface area contributed by atoms with Crippen LogP contribution in [0.2, 0.25) is 0 Å². The highest BCUT2D eigenvalue weighted by Gasteiger charge is 2.31. The molecule has 1 rings (SSSR count). The normalized spacial score (nSPS) is 12.1. The number of hydrogen-bond acceptors (Lipinski definition) is 3. The Kier molecular flexibility index (Phi) is 4.33. The summed E-state index contributed by atoms with van der Waals surface area (Å²) in [5.41, 5.74) is 1.30. The number of carboxylic acids is 1. The number of carbonyl (C=O) groups is 1. The van der Waals surface area contributed by atoms with Gasteiger partial charge in [-0.1, -0.05) is 0 Å². The molecular formula is C10H14F3N3O2. The molecule has 8 heteroatoms. The van der Waals surface area contributed by atoms with Crippen LogP contribution in [0.4, 0.5) is 13.2 Å². The third kappa shape index (κ3) is 4.36. The van der Waals surface area contributed by atoms with Gasteiger partial charge in [0.25, 0.3) is 0 Å². The third-order valence-corrected chi connectivity index (χ3v) is 2.49. The van der Waals surface area contributed by atoms with E-state index in [2.05, 4.69) is 5.10 Å². The number of alkyl halides is 3. The van der Waals surface area contributed by atoms with Crippen molar-refractivity contribution in [2.45, 2.75) is 19.6 Å². The highest BCUT2D eigenvalue weighted by Crippen LogP contribution is 2.18. The van der Waals surface area contributed by atoms with Crippen molar-refractivity contribution in [2.75, 3.05) is 13.1 Å². The maximum atomic E-state index is 12.3. The molecule has 0 aliphatic carbocycles. The molecule has 0 amide bonds. The zero-order chi connectivity index (χ0) is 13.9. The first-order valence-corrected chi connectivity index (χ1v) is 5.17. The molecule has 1 N–H and O–H groups in total. The van der Waals surface area contributed by atoms with Gasteiger partial charge in [0.05, 0.1) is 19.3 Å². The fourth-order valence-electron chi connectivity index (χ4n) is 1.55. The van der Waals surface area contributed by atoms with Crippen molar-refractivity contribution in [3.63, 3.8) is 0 Å². The maximum Gasteiger partial charge on any atom is 0.401 e. The highest BCUT2D eigenvalue weighted by atomic mass is 19.4. The summed E-state index contributed by atoms with van der Waals surface area (Å²) in [6.45, 7) is -0.290. The Morgan fingerprint density at radius 1 is 1.56 bits per heavy atom. The van der Waals surface area contributed by atoms with Gasteiger partial charge < -0.3 is 5.11 Å². The minimum absolute atomic E-state index is 0.0918. The second kappa shape index (κ2) is 5.38. The van der Waals surface area contributed by atoms with Crippen molar-refractivity contribution in [1.29, 1.82) is 0 Å². The van der Waals surface area contributed by atoms with Crippen LogP contribution >= 0.6 is 0 Å². The molecule has 0 unspecified atom stereocenters. The summed E-state index contributed by atoms with van der Waals surface area (Å²) < 4.78 is 38.5. The molecule has 1 aromatic heterocycles. The van der Waals surface area contributed by atoms with E-state index >= 15 is 0 Å². The second-order valence-electron chi connectivity index (χ2n) is 4.03. The molecule has 102 valence electrons.